The predicted octanol–water partition coefficient (Wildman–Crippen LogP) is 1.96. The summed E-state index contributed by atoms with van der Waals surface area (Å²) in [5.41, 5.74) is 2.43. The van der Waals surface area contributed by atoms with Gasteiger partial charge in [-0.1, -0.05) is 24.3 Å². The van der Waals surface area contributed by atoms with Crippen molar-refractivity contribution in [3.63, 3.8) is 0 Å². The summed E-state index contributed by atoms with van der Waals surface area (Å²) in [4.78, 5) is 0. The van der Waals surface area contributed by atoms with Gasteiger partial charge in [-0.25, -0.2) is 0 Å². The lowest BCUT2D eigenvalue weighted by Gasteiger charge is -2.24. The van der Waals surface area contributed by atoms with Crippen LogP contribution in [0.5, 0.6) is 0 Å². The molecule has 64 valence electrons. The third-order valence-corrected chi connectivity index (χ3v) is 3.67. The van der Waals surface area contributed by atoms with Crippen molar-refractivity contribution in [2.24, 2.45) is 10.2 Å². The monoisotopic (exact) mass is 188 g/mol. The van der Waals surface area contributed by atoms with Gasteiger partial charge in [0.1, 0.15) is 0 Å². The van der Waals surface area contributed by atoms with Crippen molar-refractivity contribution < 1.29 is 0 Å². The maximum Gasteiger partial charge on any atom is 0.0868 e. The Bertz CT molecular complexity index is 388. The van der Waals surface area contributed by atoms with Crippen LogP contribution in [0, 0.1) is 0 Å². The van der Waals surface area contributed by atoms with Gasteiger partial charge in [-0.05, 0) is 11.6 Å². The summed E-state index contributed by atoms with van der Waals surface area (Å²) in [7, 11) is 0. The second kappa shape index (κ2) is 2.70. The van der Waals surface area contributed by atoms with Crippen molar-refractivity contribution in [3.05, 3.63) is 36.0 Å². The normalized spacial score (nSPS) is 33.8. The van der Waals surface area contributed by atoms with E-state index < -0.39 is 0 Å². The molecule has 2 unspecified atom stereocenters. The van der Waals surface area contributed by atoms with E-state index in [2.05, 4.69) is 40.6 Å². The molecule has 2 aliphatic heterocycles. The summed E-state index contributed by atoms with van der Waals surface area (Å²) < 4.78 is 0. The minimum absolute atomic E-state index is 0.380. The van der Waals surface area contributed by atoms with E-state index in [9.17, 15) is 0 Å². The van der Waals surface area contributed by atoms with Crippen LogP contribution in [0.2, 0.25) is 0 Å². The van der Waals surface area contributed by atoms with Crippen LogP contribution in [0.15, 0.2) is 46.2 Å². The van der Waals surface area contributed by atoms with Crippen LogP contribution in [-0.4, -0.2) is 22.4 Å². The highest BCUT2D eigenvalue weighted by molar-refractivity contribution is 8.02. The molecule has 0 N–H and O–H groups in total. The minimum Gasteiger partial charge on any atom is -0.162 e. The van der Waals surface area contributed by atoms with Gasteiger partial charge in [0.05, 0.1) is 11.0 Å². The van der Waals surface area contributed by atoms with E-state index >= 15 is 0 Å². The predicted molar refractivity (Wildman–Crippen MR) is 57.5 cm³/mol. The third-order valence-electron chi connectivity index (χ3n) is 2.29. The average molecular weight is 188 g/mol. The molecule has 0 fully saturated rings. The number of allylic oxidation sites excluding steroid dienone is 4. The van der Waals surface area contributed by atoms with Crippen LogP contribution < -0.4 is 0 Å². The van der Waals surface area contributed by atoms with Crippen LogP contribution in [0.4, 0.5) is 0 Å². The first-order valence-electron chi connectivity index (χ1n) is 4.26. The second-order valence-corrected chi connectivity index (χ2v) is 4.44. The third kappa shape index (κ3) is 1.11. The van der Waals surface area contributed by atoms with E-state index in [0.29, 0.717) is 10.5 Å². The zero-order valence-corrected chi connectivity index (χ0v) is 7.74. The van der Waals surface area contributed by atoms with Gasteiger partial charge in [0.25, 0.3) is 0 Å². The molecule has 2 atom stereocenters. The van der Waals surface area contributed by atoms with Gasteiger partial charge < -0.3 is 0 Å². The van der Waals surface area contributed by atoms with Crippen molar-refractivity contribution >= 4 is 23.7 Å². The molecule has 3 rings (SSSR count). The van der Waals surface area contributed by atoms with Crippen molar-refractivity contribution in [3.8, 4) is 0 Å². The van der Waals surface area contributed by atoms with Crippen molar-refractivity contribution in [1.82, 2.24) is 0 Å². The van der Waals surface area contributed by atoms with Gasteiger partial charge in [0.15, 0.2) is 0 Å². The van der Waals surface area contributed by atoms with Gasteiger partial charge in [-0.3, -0.25) is 0 Å². The number of fused-ring (bicyclic) bond motifs is 2. The molecule has 2 heterocycles. The molecule has 0 spiro atoms. The van der Waals surface area contributed by atoms with E-state index in [0.717, 1.165) is 5.71 Å². The SMILES string of the molecule is C1=CC2=CC3=NN=CC3SC2C=C1. The Morgan fingerprint density at radius 3 is 3.23 bits per heavy atom. The number of thioether (sulfide) groups is 1. The first-order chi connectivity index (χ1) is 6.43. The summed E-state index contributed by atoms with van der Waals surface area (Å²) in [6.45, 7) is 0. The van der Waals surface area contributed by atoms with Crippen LogP contribution in [0.1, 0.15) is 0 Å². The Balaban J connectivity index is 2.04. The summed E-state index contributed by atoms with van der Waals surface area (Å²) in [6, 6.07) is 0. The molecular weight excluding hydrogens is 180 g/mol. The Morgan fingerprint density at radius 2 is 2.23 bits per heavy atom. The summed E-state index contributed by atoms with van der Waals surface area (Å²) >= 11 is 1.90. The molecule has 3 heteroatoms. The molecular formula is C10H8N2S. The van der Waals surface area contributed by atoms with Gasteiger partial charge >= 0.3 is 0 Å². The lowest BCUT2D eigenvalue weighted by Crippen LogP contribution is -2.24. The maximum atomic E-state index is 4.08. The fraction of sp³-hybridized carbons (Fsp3) is 0.200. The van der Waals surface area contributed by atoms with Crippen LogP contribution in [0.25, 0.3) is 0 Å². The zero-order valence-electron chi connectivity index (χ0n) is 6.92. The van der Waals surface area contributed by atoms with E-state index in [1.165, 1.54) is 5.57 Å². The number of rotatable bonds is 0. The van der Waals surface area contributed by atoms with Crippen molar-refractivity contribution in [2.75, 3.05) is 0 Å². The molecule has 0 radical (unpaired) electrons. The molecule has 0 bridgehead atoms. The highest BCUT2D eigenvalue weighted by Crippen LogP contribution is 2.34. The largest absolute Gasteiger partial charge is 0.162 e. The summed E-state index contributed by atoms with van der Waals surface area (Å²) in [5.74, 6) is 0. The zero-order chi connectivity index (χ0) is 8.67. The molecule has 3 aliphatic rings. The second-order valence-electron chi connectivity index (χ2n) is 3.16. The van der Waals surface area contributed by atoms with E-state index in [-0.39, 0.29) is 0 Å². The Morgan fingerprint density at radius 1 is 1.23 bits per heavy atom. The van der Waals surface area contributed by atoms with Gasteiger partial charge in [-0.2, -0.15) is 10.2 Å². The van der Waals surface area contributed by atoms with Crippen LogP contribution >= 0.6 is 11.8 Å². The van der Waals surface area contributed by atoms with Crippen molar-refractivity contribution in [1.29, 1.82) is 0 Å². The first kappa shape index (κ1) is 7.33. The van der Waals surface area contributed by atoms with E-state index in [1.807, 2.05) is 18.0 Å². The lowest BCUT2D eigenvalue weighted by atomic mass is 10.0. The lowest BCUT2D eigenvalue weighted by molar-refractivity contribution is 1.25. The van der Waals surface area contributed by atoms with Crippen molar-refractivity contribution in [2.45, 2.75) is 10.5 Å². The quantitative estimate of drug-likeness (QED) is 0.570. The molecule has 0 amide bonds. The smallest absolute Gasteiger partial charge is 0.0868 e. The Labute approximate surface area is 80.8 Å². The fourth-order valence-electron chi connectivity index (χ4n) is 1.63. The number of nitrogens with zero attached hydrogens (tertiary/aromatic N) is 2. The number of hydrogen-bond acceptors (Lipinski definition) is 3. The van der Waals surface area contributed by atoms with E-state index in [1.54, 1.807) is 0 Å². The highest BCUT2D eigenvalue weighted by atomic mass is 32.2. The maximum absolute atomic E-state index is 4.08. The first-order valence-corrected chi connectivity index (χ1v) is 5.21. The molecule has 0 aromatic heterocycles. The Hall–Kier alpha value is -1.09. The highest BCUT2D eigenvalue weighted by Gasteiger charge is 2.28. The molecule has 0 aromatic carbocycles. The van der Waals surface area contributed by atoms with Crippen LogP contribution in [-0.2, 0) is 0 Å². The fourth-order valence-corrected chi connectivity index (χ4v) is 2.81. The standard InChI is InChI=1S/C10H8N2S/c1-2-4-9-7(3-1)5-8-10(13-9)6-11-12-8/h1-6,9-10H. The summed E-state index contributed by atoms with van der Waals surface area (Å²) in [5, 5.41) is 8.89. The minimum atomic E-state index is 0.380. The average Bonchev–Trinajstić information content (AvgIpc) is 2.61. The summed E-state index contributed by atoms with van der Waals surface area (Å²) in [6.07, 6.45) is 12.6. The van der Waals surface area contributed by atoms with E-state index in [4.69, 9.17) is 0 Å². The molecule has 0 saturated carbocycles. The molecule has 13 heavy (non-hydrogen) atoms. The van der Waals surface area contributed by atoms with Crippen LogP contribution in [0.3, 0.4) is 0 Å². The molecule has 2 nitrogen and oxygen atoms in total. The topological polar surface area (TPSA) is 24.7 Å². The van der Waals surface area contributed by atoms with Gasteiger partial charge in [0.2, 0.25) is 0 Å². The molecule has 0 saturated heterocycles. The molecule has 1 aliphatic carbocycles. The van der Waals surface area contributed by atoms with Gasteiger partial charge in [-0.15, -0.1) is 11.8 Å². The van der Waals surface area contributed by atoms with Gasteiger partial charge in [0, 0.05) is 11.5 Å². The Kier molecular flexibility index (Phi) is 1.52. The number of hydrogen-bond donors (Lipinski definition) is 0. The molecule has 0 aromatic rings.